The number of nitrogen functional groups attached to an aromatic ring is 1. The molecule has 0 spiro atoms. The van der Waals surface area contributed by atoms with Crippen molar-refractivity contribution >= 4 is 11.6 Å². The zero-order chi connectivity index (χ0) is 12.3. The van der Waals surface area contributed by atoms with Crippen molar-refractivity contribution < 1.29 is 9.53 Å². The quantitative estimate of drug-likeness (QED) is 0.779. The predicted octanol–water partition coefficient (Wildman–Crippen LogP) is 1.49. The van der Waals surface area contributed by atoms with Gasteiger partial charge in [-0.15, -0.1) is 0 Å². The minimum absolute atomic E-state index is 0.0871. The summed E-state index contributed by atoms with van der Waals surface area (Å²) in [6, 6.07) is 5.37. The van der Waals surface area contributed by atoms with Crippen molar-refractivity contribution in [3.8, 4) is 0 Å². The van der Waals surface area contributed by atoms with Crippen molar-refractivity contribution in [1.82, 2.24) is 5.32 Å². The summed E-state index contributed by atoms with van der Waals surface area (Å²) in [4.78, 5) is 11.9. The van der Waals surface area contributed by atoms with Gasteiger partial charge in [0.1, 0.15) is 0 Å². The van der Waals surface area contributed by atoms with Crippen LogP contribution >= 0.6 is 0 Å². The highest BCUT2D eigenvalue weighted by Gasteiger charge is 2.16. The van der Waals surface area contributed by atoms with Crippen LogP contribution < -0.4 is 11.1 Å². The first-order chi connectivity index (χ1) is 8.15. The molecule has 17 heavy (non-hydrogen) atoms. The lowest BCUT2D eigenvalue weighted by Gasteiger charge is -2.11. The molecule has 1 aromatic carbocycles. The van der Waals surface area contributed by atoms with Crippen molar-refractivity contribution in [2.75, 3.05) is 18.9 Å². The third-order valence-corrected chi connectivity index (χ3v) is 2.88. The van der Waals surface area contributed by atoms with E-state index >= 15 is 0 Å². The molecule has 2 rings (SSSR count). The van der Waals surface area contributed by atoms with Crippen LogP contribution in [0.1, 0.15) is 28.8 Å². The van der Waals surface area contributed by atoms with E-state index < -0.39 is 0 Å². The summed E-state index contributed by atoms with van der Waals surface area (Å²) in [5, 5.41) is 2.88. The second-order valence-electron chi connectivity index (χ2n) is 4.48. The lowest BCUT2D eigenvalue weighted by atomic mass is 10.1. The van der Waals surface area contributed by atoms with Crippen molar-refractivity contribution in [2.45, 2.75) is 25.9 Å². The zero-order valence-corrected chi connectivity index (χ0v) is 10.0. The van der Waals surface area contributed by atoms with Crippen LogP contribution in [0.25, 0.3) is 0 Å². The van der Waals surface area contributed by atoms with Crippen LogP contribution in [0.2, 0.25) is 0 Å². The Hall–Kier alpha value is -1.55. The van der Waals surface area contributed by atoms with Crippen molar-refractivity contribution in [3.63, 3.8) is 0 Å². The van der Waals surface area contributed by atoms with Gasteiger partial charge in [0.2, 0.25) is 0 Å². The first kappa shape index (κ1) is 11.9. The minimum atomic E-state index is -0.0871. The molecular formula is C13H18N2O2. The second kappa shape index (κ2) is 5.19. The number of aryl methyl sites for hydroxylation is 1. The number of anilines is 1. The predicted molar refractivity (Wildman–Crippen MR) is 66.9 cm³/mol. The largest absolute Gasteiger partial charge is 0.399 e. The first-order valence-corrected chi connectivity index (χ1v) is 5.92. The van der Waals surface area contributed by atoms with Crippen LogP contribution in [0.4, 0.5) is 5.69 Å². The van der Waals surface area contributed by atoms with E-state index in [0.717, 1.165) is 25.0 Å². The van der Waals surface area contributed by atoms with Gasteiger partial charge in [-0.3, -0.25) is 4.79 Å². The van der Waals surface area contributed by atoms with Gasteiger partial charge in [0.15, 0.2) is 0 Å². The Bertz CT molecular complexity index is 392. The second-order valence-corrected chi connectivity index (χ2v) is 4.48. The van der Waals surface area contributed by atoms with E-state index in [1.807, 2.05) is 19.1 Å². The lowest BCUT2D eigenvalue weighted by Crippen LogP contribution is -2.31. The summed E-state index contributed by atoms with van der Waals surface area (Å²) in [6.07, 6.45) is 2.27. The third kappa shape index (κ3) is 3.20. The average Bonchev–Trinajstić information content (AvgIpc) is 2.77. The van der Waals surface area contributed by atoms with Gasteiger partial charge in [-0.2, -0.15) is 0 Å². The average molecular weight is 234 g/mol. The van der Waals surface area contributed by atoms with Gasteiger partial charge in [-0.05, 0) is 43.5 Å². The number of hydrogen-bond donors (Lipinski definition) is 2. The summed E-state index contributed by atoms with van der Waals surface area (Å²) in [5.41, 5.74) is 7.93. The molecule has 4 nitrogen and oxygen atoms in total. The van der Waals surface area contributed by atoms with E-state index in [1.165, 1.54) is 0 Å². The fourth-order valence-corrected chi connectivity index (χ4v) is 2.06. The Morgan fingerprint density at radius 1 is 1.53 bits per heavy atom. The monoisotopic (exact) mass is 234 g/mol. The standard InChI is InChI=1S/C13H18N2O2/c1-9-5-10(7-11(14)6-9)13(16)15-8-12-3-2-4-17-12/h5-7,12H,2-4,8,14H2,1H3,(H,15,16). The smallest absolute Gasteiger partial charge is 0.251 e. The number of ether oxygens (including phenoxy) is 1. The number of carbonyl (C=O) groups is 1. The molecule has 92 valence electrons. The highest BCUT2D eigenvalue weighted by Crippen LogP contribution is 2.13. The topological polar surface area (TPSA) is 64.4 Å². The van der Waals surface area contributed by atoms with Gasteiger partial charge >= 0.3 is 0 Å². The van der Waals surface area contributed by atoms with Crippen LogP contribution in [-0.4, -0.2) is 25.2 Å². The summed E-state index contributed by atoms with van der Waals surface area (Å²) < 4.78 is 5.45. The summed E-state index contributed by atoms with van der Waals surface area (Å²) in [5.74, 6) is -0.0871. The molecule has 1 saturated heterocycles. The van der Waals surface area contributed by atoms with Crippen LogP contribution in [0.5, 0.6) is 0 Å². The number of rotatable bonds is 3. The van der Waals surface area contributed by atoms with Crippen molar-refractivity contribution in [3.05, 3.63) is 29.3 Å². The Morgan fingerprint density at radius 3 is 3.00 bits per heavy atom. The molecule has 1 aromatic rings. The third-order valence-electron chi connectivity index (χ3n) is 2.88. The fourth-order valence-electron chi connectivity index (χ4n) is 2.06. The number of hydrogen-bond acceptors (Lipinski definition) is 3. The fraction of sp³-hybridized carbons (Fsp3) is 0.462. The molecule has 0 radical (unpaired) electrons. The van der Waals surface area contributed by atoms with Crippen molar-refractivity contribution in [1.29, 1.82) is 0 Å². The number of carbonyl (C=O) groups excluding carboxylic acids is 1. The van der Waals surface area contributed by atoms with Crippen LogP contribution in [0, 0.1) is 6.92 Å². The van der Waals surface area contributed by atoms with Gasteiger partial charge in [0.25, 0.3) is 5.91 Å². The normalized spacial score (nSPS) is 19.2. The van der Waals surface area contributed by atoms with E-state index in [0.29, 0.717) is 17.8 Å². The molecule has 0 saturated carbocycles. The van der Waals surface area contributed by atoms with Gasteiger partial charge in [-0.1, -0.05) is 0 Å². The zero-order valence-electron chi connectivity index (χ0n) is 10.0. The number of benzene rings is 1. The molecule has 0 bridgehead atoms. The first-order valence-electron chi connectivity index (χ1n) is 5.92. The van der Waals surface area contributed by atoms with Crippen LogP contribution in [0.15, 0.2) is 18.2 Å². The Morgan fingerprint density at radius 2 is 2.35 bits per heavy atom. The number of nitrogens with one attached hydrogen (secondary N) is 1. The van der Waals surface area contributed by atoms with E-state index in [9.17, 15) is 4.79 Å². The van der Waals surface area contributed by atoms with Crippen molar-refractivity contribution in [2.24, 2.45) is 0 Å². The maximum absolute atomic E-state index is 11.9. The summed E-state index contributed by atoms with van der Waals surface area (Å²) in [7, 11) is 0. The summed E-state index contributed by atoms with van der Waals surface area (Å²) >= 11 is 0. The van der Waals surface area contributed by atoms with Gasteiger partial charge < -0.3 is 15.8 Å². The highest BCUT2D eigenvalue weighted by atomic mass is 16.5. The molecule has 1 heterocycles. The molecule has 1 aliphatic heterocycles. The van der Waals surface area contributed by atoms with Gasteiger partial charge in [-0.25, -0.2) is 0 Å². The number of amides is 1. The van der Waals surface area contributed by atoms with E-state index in [4.69, 9.17) is 10.5 Å². The molecular weight excluding hydrogens is 216 g/mol. The summed E-state index contributed by atoms with van der Waals surface area (Å²) in [6.45, 7) is 3.30. The lowest BCUT2D eigenvalue weighted by molar-refractivity contribution is 0.0858. The van der Waals surface area contributed by atoms with E-state index in [-0.39, 0.29) is 12.0 Å². The van der Waals surface area contributed by atoms with E-state index in [2.05, 4.69) is 5.32 Å². The molecule has 1 amide bonds. The van der Waals surface area contributed by atoms with Gasteiger partial charge in [0.05, 0.1) is 6.10 Å². The number of nitrogens with two attached hydrogens (primary N) is 1. The Balaban J connectivity index is 1.94. The minimum Gasteiger partial charge on any atom is -0.399 e. The molecule has 3 N–H and O–H groups in total. The maximum Gasteiger partial charge on any atom is 0.251 e. The molecule has 0 aliphatic carbocycles. The molecule has 1 unspecified atom stereocenters. The molecule has 1 aliphatic rings. The molecule has 4 heteroatoms. The van der Waals surface area contributed by atoms with Crippen LogP contribution in [0.3, 0.4) is 0 Å². The molecule has 1 fully saturated rings. The highest BCUT2D eigenvalue weighted by molar-refractivity contribution is 5.95. The molecule has 1 atom stereocenters. The van der Waals surface area contributed by atoms with E-state index in [1.54, 1.807) is 6.07 Å². The Labute approximate surface area is 101 Å². The SMILES string of the molecule is Cc1cc(N)cc(C(=O)NCC2CCCO2)c1. The van der Waals surface area contributed by atoms with Gasteiger partial charge in [0, 0.05) is 24.4 Å². The van der Waals surface area contributed by atoms with Crippen LogP contribution in [-0.2, 0) is 4.74 Å². The Kier molecular flexibility index (Phi) is 3.64. The maximum atomic E-state index is 11.9. The molecule has 0 aromatic heterocycles.